The van der Waals surface area contributed by atoms with E-state index < -0.39 is 0 Å². The van der Waals surface area contributed by atoms with Crippen LogP contribution in [0, 0.1) is 0 Å². The van der Waals surface area contributed by atoms with Gasteiger partial charge in [0.1, 0.15) is 23.0 Å². The van der Waals surface area contributed by atoms with E-state index in [0.717, 1.165) is 23.0 Å². The van der Waals surface area contributed by atoms with Crippen LogP contribution < -0.4 is 18.9 Å². The second-order valence-corrected chi connectivity index (χ2v) is 6.91. The fourth-order valence-electron chi connectivity index (χ4n) is 3.13. The lowest BCUT2D eigenvalue weighted by molar-refractivity contribution is 0.414. The lowest BCUT2D eigenvalue weighted by atomic mass is 10.1. The number of rotatable bonds is 6. The van der Waals surface area contributed by atoms with Gasteiger partial charge in [-0.1, -0.05) is 48.5 Å². The monoisotopic (exact) mass is 494 g/mol. The second-order valence-electron chi connectivity index (χ2n) is 6.91. The molecule has 0 aliphatic heterocycles. The van der Waals surface area contributed by atoms with Crippen LogP contribution in [0.3, 0.4) is 0 Å². The molecule has 0 amide bonds. The molecule has 4 rings (SSSR count). The molecule has 34 heavy (non-hydrogen) atoms. The quantitative estimate of drug-likeness (QED) is 0.215. The van der Waals surface area contributed by atoms with Crippen molar-refractivity contribution in [1.82, 2.24) is 0 Å². The first-order chi connectivity index (χ1) is 16.7. The Morgan fingerprint density at radius 3 is 0.588 bits per heavy atom. The first-order valence-corrected chi connectivity index (χ1v) is 12.0. The molecule has 0 saturated heterocycles. The van der Waals surface area contributed by atoms with Crippen molar-refractivity contribution in [2.75, 3.05) is 28.4 Å². The number of hydrogen-bond donors (Lipinski definition) is 2. The zero-order valence-electron chi connectivity index (χ0n) is 19.8. The molecule has 0 aliphatic rings. The lowest BCUT2D eigenvalue weighted by Gasteiger charge is -2.05. The fourth-order valence-corrected chi connectivity index (χ4v) is 3.13. The first-order valence-electron chi connectivity index (χ1n) is 10.4. The van der Waals surface area contributed by atoms with Crippen LogP contribution in [0.4, 0.5) is 0 Å². The van der Waals surface area contributed by atoms with Gasteiger partial charge in [0, 0.05) is 0 Å². The Hall–Kier alpha value is -3.22. The second kappa shape index (κ2) is 14.8. The van der Waals surface area contributed by atoms with Crippen molar-refractivity contribution in [3.8, 4) is 45.3 Å². The van der Waals surface area contributed by atoms with Gasteiger partial charge in [-0.3, -0.25) is 0 Å². The SMILES string of the molecule is COc1ccc(-c2ccc(OC)cc2)cc1.COc1ccc(-c2ccc(OC)cc2)cc1.SS. The Kier molecular flexibility index (Phi) is 11.8. The summed E-state index contributed by atoms with van der Waals surface area (Å²) in [5, 5.41) is 0. The van der Waals surface area contributed by atoms with Crippen molar-refractivity contribution in [2.24, 2.45) is 0 Å². The van der Waals surface area contributed by atoms with E-state index in [1.165, 1.54) is 22.3 Å². The molecule has 0 aliphatic carbocycles. The summed E-state index contributed by atoms with van der Waals surface area (Å²) < 4.78 is 20.5. The van der Waals surface area contributed by atoms with Crippen molar-refractivity contribution >= 4 is 23.3 Å². The highest BCUT2D eigenvalue weighted by Crippen LogP contribution is 2.25. The molecule has 0 fully saturated rings. The number of benzene rings is 4. The van der Waals surface area contributed by atoms with Crippen molar-refractivity contribution in [3.05, 3.63) is 97.1 Å². The van der Waals surface area contributed by atoms with Crippen LogP contribution in [0.1, 0.15) is 0 Å². The minimum Gasteiger partial charge on any atom is -0.497 e. The number of methoxy groups -OCH3 is 4. The Morgan fingerprint density at radius 1 is 0.324 bits per heavy atom. The topological polar surface area (TPSA) is 36.9 Å². The first kappa shape index (κ1) is 27.0. The van der Waals surface area contributed by atoms with E-state index in [9.17, 15) is 0 Å². The molecule has 0 bridgehead atoms. The minimum atomic E-state index is 0.872. The fraction of sp³-hybridized carbons (Fsp3) is 0.143. The van der Waals surface area contributed by atoms with Gasteiger partial charge in [-0.2, -0.15) is 0 Å². The van der Waals surface area contributed by atoms with Crippen LogP contribution in [0.5, 0.6) is 23.0 Å². The highest BCUT2D eigenvalue weighted by atomic mass is 33.1. The summed E-state index contributed by atoms with van der Waals surface area (Å²) in [5.74, 6) is 3.49. The van der Waals surface area contributed by atoms with Gasteiger partial charge in [0.25, 0.3) is 0 Å². The Balaban J connectivity index is 0.000000224. The van der Waals surface area contributed by atoms with Crippen LogP contribution >= 0.6 is 23.3 Å². The molecule has 4 aromatic rings. The van der Waals surface area contributed by atoms with Gasteiger partial charge in [0.2, 0.25) is 0 Å². The summed E-state index contributed by atoms with van der Waals surface area (Å²) in [6.45, 7) is 0. The van der Waals surface area contributed by atoms with E-state index in [4.69, 9.17) is 18.9 Å². The van der Waals surface area contributed by atoms with E-state index in [1.807, 2.05) is 97.1 Å². The third-order valence-corrected chi connectivity index (χ3v) is 5.03. The van der Waals surface area contributed by atoms with E-state index in [-0.39, 0.29) is 0 Å². The largest absolute Gasteiger partial charge is 0.497 e. The Morgan fingerprint density at radius 2 is 0.471 bits per heavy atom. The molecule has 4 nitrogen and oxygen atoms in total. The molecular formula is C28H30O4S2. The summed E-state index contributed by atoms with van der Waals surface area (Å²) >= 11 is 6.44. The molecule has 178 valence electrons. The molecule has 0 radical (unpaired) electrons. The molecule has 0 N–H and O–H groups in total. The van der Waals surface area contributed by atoms with Crippen LogP contribution in [0.2, 0.25) is 0 Å². The van der Waals surface area contributed by atoms with Crippen LogP contribution in [0.15, 0.2) is 97.1 Å². The molecule has 0 heterocycles. The highest BCUT2D eigenvalue weighted by Gasteiger charge is 1.99. The van der Waals surface area contributed by atoms with Crippen molar-refractivity contribution in [2.45, 2.75) is 0 Å². The smallest absolute Gasteiger partial charge is 0.118 e. The van der Waals surface area contributed by atoms with E-state index in [0.29, 0.717) is 0 Å². The van der Waals surface area contributed by atoms with Gasteiger partial charge in [0.15, 0.2) is 0 Å². The van der Waals surface area contributed by atoms with Crippen molar-refractivity contribution in [1.29, 1.82) is 0 Å². The number of hydrogen-bond acceptors (Lipinski definition) is 6. The maximum atomic E-state index is 5.12. The van der Waals surface area contributed by atoms with Crippen LogP contribution in [-0.4, -0.2) is 28.4 Å². The summed E-state index contributed by atoms with van der Waals surface area (Å²) in [7, 11) is 6.68. The zero-order valence-corrected chi connectivity index (χ0v) is 21.6. The van der Waals surface area contributed by atoms with Gasteiger partial charge in [-0.05, 0) is 70.8 Å². The molecule has 4 aromatic carbocycles. The molecule has 0 spiro atoms. The van der Waals surface area contributed by atoms with E-state index >= 15 is 0 Å². The summed E-state index contributed by atoms with van der Waals surface area (Å²) in [5.41, 5.74) is 4.68. The van der Waals surface area contributed by atoms with E-state index in [2.05, 4.69) is 23.3 Å². The lowest BCUT2D eigenvalue weighted by Crippen LogP contribution is -1.84. The molecule has 6 heteroatoms. The van der Waals surface area contributed by atoms with Crippen molar-refractivity contribution < 1.29 is 18.9 Å². The maximum Gasteiger partial charge on any atom is 0.118 e. The summed E-state index contributed by atoms with van der Waals surface area (Å²) in [6.07, 6.45) is 0. The molecule has 0 aromatic heterocycles. The molecule has 0 saturated carbocycles. The predicted octanol–water partition coefficient (Wildman–Crippen LogP) is 7.50. The van der Waals surface area contributed by atoms with Gasteiger partial charge in [0.05, 0.1) is 28.4 Å². The normalized spacial score (nSPS) is 9.47. The maximum absolute atomic E-state index is 5.12. The number of thiol groups is 2. The Bertz CT molecular complexity index is 897. The van der Waals surface area contributed by atoms with E-state index in [1.54, 1.807) is 28.4 Å². The average Bonchev–Trinajstić information content (AvgIpc) is 2.94. The van der Waals surface area contributed by atoms with Gasteiger partial charge < -0.3 is 18.9 Å². The Labute approximate surface area is 212 Å². The van der Waals surface area contributed by atoms with Crippen LogP contribution in [-0.2, 0) is 0 Å². The molecular weight excluding hydrogens is 464 g/mol. The van der Waals surface area contributed by atoms with Gasteiger partial charge in [-0.15, -0.1) is 23.3 Å². The summed E-state index contributed by atoms with van der Waals surface area (Å²) in [4.78, 5) is 0. The third-order valence-electron chi connectivity index (χ3n) is 5.03. The van der Waals surface area contributed by atoms with Gasteiger partial charge >= 0.3 is 0 Å². The summed E-state index contributed by atoms with van der Waals surface area (Å²) in [6, 6.07) is 32.0. The standard InChI is InChI=1S/2C14H14O2.H2S2/c2*1-15-13-7-3-11(4-8-13)12-5-9-14(16-2)10-6-12;1-2/h2*3-10H,1-2H3;1-2H. The van der Waals surface area contributed by atoms with Crippen LogP contribution in [0.25, 0.3) is 22.3 Å². The van der Waals surface area contributed by atoms with Crippen molar-refractivity contribution in [3.63, 3.8) is 0 Å². The zero-order chi connectivity index (χ0) is 24.8. The molecule has 0 atom stereocenters. The highest BCUT2D eigenvalue weighted by molar-refractivity contribution is 8.59. The third kappa shape index (κ3) is 7.97. The number of ether oxygens (including phenoxy) is 4. The predicted molar refractivity (Wildman–Crippen MR) is 148 cm³/mol. The average molecular weight is 495 g/mol. The molecule has 0 unspecified atom stereocenters. The van der Waals surface area contributed by atoms with Gasteiger partial charge in [-0.25, -0.2) is 0 Å². The minimum absolute atomic E-state index is 0.872.